The molecule has 1 fully saturated rings. The highest BCUT2D eigenvalue weighted by molar-refractivity contribution is 5.91. The lowest BCUT2D eigenvalue weighted by Gasteiger charge is -2.34. The molecule has 1 aromatic heterocycles. The molecule has 1 amide bonds. The van der Waals surface area contributed by atoms with Crippen molar-refractivity contribution in [3.8, 4) is 0 Å². The molecule has 19 heavy (non-hydrogen) atoms. The van der Waals surface area contributed by atoms with Crippen LogP contribution in [0.25, 0.3) is 0 Å². The summed E-state index contributed by atoms with van der Waals surface area (Å²) >= 11 is 0. The van der Waals surface area contributed by atoms with E-state index in [1.165, 1.54) is 18.4 Å². The second-order valence-electron chi connectivity index (χ2n) is 4.40. The largest absolute Gasteiger partial charge is 0.459 e. The fraction of sp³-hybridized carbons (Fsp3) is 0.583. The zero-order valence-electron chi connectivity index (χ0n) is 10.2. The fourth-order valence-corrected chi connectivity index (χ4v) is 2.07. The predicted molar refractivity (Wildman–Crippen MR) is 59.6 cm³/mol. The summed E-state index contributed by atoms with van der Waals surface area (Å²) in [6.45, 7) is -0.644. The molecule has 1 saturated heterocycles. The number of alkyl halides is 3. The van der Waals surface area contributed by atoms with E-state index in [1.807, 2.05) is 0 Å². The number of hydrogen-bond donors (Lipinski definition) is 0. The summed E-state index contributed by atoms with van der Waals surface area (Å²) in [5, 5.41) is 0. The van der Waals surface area contributed by atoms with Gasteiger partial charge in [0.15, 0.2) is 5.76 Å². The van der Waals surface area contributed by atoms with Crippen LogP contribution < -0.4 is 0 Å². The van der Waals surface area contributed by atoms with Crippen LogP contribution in [0.15, 0.2) is 22.8 Å². The number of amides is 1. The Hall–Kier alpha value is -1.50. The van der Waals surface area contributed by atoms with Gasteiger partial charge in [0.05, 0.1) is 18.9 Å². The molecule has 1 atom stereocenters. The minimum absolute atomic E-state index is 0.0881. The third-order valence-electron chi connectivity index (χ3n) is 2.92. The summed E-state index contributed by atoms with van der Waals surface area (Å²) in [4.78, 5) is 12.8. The van der Waals surface area contributed by atoms with Crippen molar-refractivity contribution in [2.45, 2.75) is 25.1 Å². The molecule has 0 spiro atoms. The quantitative estimate of drug-likeness (QED) is 0.852. The van der Waals surface area contributed by atoms with Crippen LogP contribution in [0.3, 0.4) is 0 Å². The Morgan fingerprint density at radius 3 is 2.79 bits per heavy atom. The second-order valence-corrected chi connectivity index (χ2v) is 4.40. The molecular formula is C12H14F3NO3. The lowest BCUT2D eigenvalue weighted by molar-refractivity contribution is -0.149. The molecule has 0 N–H and O–H groups in total. The number of ether oxygens (including phenoxy) is 1. The lowest BCUT2D eigenvalue weighted by Crippen LogP contribution is -2.49. The number of furan rings is 1. The Balaban J connectivity index is 2.15. The monoisotopic (exact) mass is 277 g/mol. The van der Waals surface area contributed by atoms with Gasteiger partial charge in [0.2, 0.25) is 0 Å². The first-order chi connectivity index (χ1) is 8.97. The summed E-state index contributed by atoms with van der Waals surface area (Å²) in [5.41, 5.74) is 0. The number of rotatable bonds is 3. The molecule has 2 rings (SSSR count). The van der Waals surface area contributed by atoms with Gasteiger partial charge in [-0.15, -0.1) is 0 Å². The zero-order chi connectivity index (χ0) is 13.9. The predicted octanol–water partition coefficient (Wildman–Crippen LogP) is 2.46. The van der Waals surface area contributed by atoms with Gasteiger partial charge in [0.1, 0.15) is 6.54 Å². The average Bonchev–Trinajstić information content (AvgIpc) is 2.89. The van der Waals surface area contributed by atoms with Gasteiger partial charge in [-0.25, -0.2) is 0 Å². The Kier molecular flexibility index (Phi) is 4.14. The lowest BCUT2D eigenvalue weighted by atomic mass is 10.1. The number of carbonyl (C=O) groups is 1. The summed E-state index contributed by atoms with van der Waals surface area (Å²) < 4.78 is 47.8. The van der Waals surface area contributed by atoms with Crippen molar-refractivity contribution in [1.82, 2.24) is 4.90 Å². The van der Waals surface area contributed by atoms with E-state index in [9.17, 15) is 18.0 Å². The third-order valence-corrected chi connectivity index (χ3v) is 2.92. The molecule has 1 aromatic rings. The van der Waals surface area contributed by atoms with Gasteiger partial charge >= 0.3 is 6.18 Å². The van der Waals surface area contributed by atoms with Crippen molar-refractivity contribution in [3.05, 3.63) is 24.2 Å². The minimum atomic E-state index is -4.44. The van der Waals surface area contributed by atoms with Crippen molar-refractivity contribution in [2.75, 3.05) is 19.8 Å². The number of halogens is 3. The smallest absolute Gasteiger partial charge is 0.406 e. The number of nitrogens with zero attached hydrogens (tertiary/aromatic N) is 1. The van der Waals surface area contributed by atoms with E-state index in [1.54, 1.807) is 0 Å². The molecule has 1 aliphatic rings. The highest BCUT2D eigenvalue weighted by atomic mass is 19.4. The summed E-state index contributed by atoms with van der Waals surface area (Å²) in [7, 11) is 0. The fourth-order valence-electron chi connectivity index (χ4n) is 2.07. The van der Waals surface area contributed by atoms with Crippen LogP contribution in [0, 0.1) is 0 Å². The van der Waals surface area contributed by atoms with Gasteiger partial charge in [0, 0.05) is 6.61 Å². The van der Waals surface area contributed by atoms with E-state index in [-0.39, 0.29) is 12.4 Å². The van der Waals surface area contributed by atoms with Crippen LogP contribution in [0.5, 0.6) is 0 Å². The van der Waals surface area contributed by atoms with Crippen LogP contribution in [-0.2, 0) is 4.74 Å². The molecular weight excluding hydrogens is 263 g/mol. The summed E-state index contributed by atoms with van der Waals surface area (Å²) in [6.07, 6.45) is -2.04. The summed E-state index contributed by atoms with van der Waals surface area (Å²) in [6, 6.07) is 2.26. The Bertz CT molecular complexity index is 410. The number of hydrogen-bond acceptors (Lipinski definition) is 3. The SMILES string of the molecule is O=C(c1ccco1)N(CC(F)(F)F)[C@H]1CCCOC1. The third kappa shape index (κ3) is 3.73. The minimum Gasteiger partial charge on any atom is -0.459 e. The molecule has 0 aromatic carbocycles. The molecule has 0 aliphatic carbocycles. The molecule has 0 unspecified atom stereocenters. The zero-order valence-corrected chi connectivity index (χ0v) is 10.2. The molecule has 0 bridgehead atoms. The molecule has 7 heteroatoms. The second kappa shape index (κ2) is 5.64. The van der Waals surface area contributed by atoms with Gasteiger partial charge in [-0.3, -0.25) is 4.79 Å². The van der Waals surface area contributed by atoms with E-state index in [2.05, 4.69) is 0 Å². The molecule has 0 saturated carbocycles. The first kappa shape index (κ1) is 13.9. The Morgan fingerprint density at radius 2 is 2.26 bits per heavy atom. The van der Waals surface area contributed by atoms with E-state index in [0.717, 1.165) is 4.90 Å². The van der Waals surface area contributed by atoms with Gasteiger partial charge in [-0.2, -0.15) is 13.2 Å². The van der Waals surface area contributed by atoms with Crippen molar-refractivity contribution >= 4 is 5.91 Å². The van der Waals surface area contributed by atoms with Crippen LogP contribution in [0.4, 0.5) is 13.2 Å². The molecule has 4 nitrogen and oxygen atoms in total. The van der Waals surface area contributed by atoms with E-state index >= 15 is 0 Å². The van der Waals surface area contributed by atoms with Crippen LogP contribution in [0.1, 0.15) is 23.4 Å². The highest BCUT2D eigenvalue weighted by Crippen LogP contribution is 2.23. The standard InChI is InChI=1S/C12H14F3NO3/c13-12(14,15)8-16(9-3-1-5-18-7-9)11(17)10-4-2-6-19-10/h2,4,6,9H,1,3,5,7-8H2/t9-/m0/s1. The van der Waals surface area contributed by atoms with Crippen molar-refractivity contribution in [3.63, 3.8) is 0 Å². The first-order valence-corrected chi connectivity index (χ1v) is 5.96. The van der Waals surface area contributed by atoms with Gasteiger partial charge < -0.3 is 14.1 Å². The molecule has 2 heterocycles. The normalized spacial score (nSPS) is 20.3. The number of carbonyl (C=O) groups excluding carboxylic acids is 1. The van der Waals surface area contributed by atoms with Crippen molar-refractivity contribution in [1.29, 1.82) is 0 Å². The first-order valence-electron chi connectivity index (χ1n) is 5.96. The van der Waals surface area contributed by atoms with E-state index in [0.29, 0.717) is 19.4 Å². The van der Waals surface area contributed by atoms with Crippen LogP contribution in [-0.4, -0.2) is 42.8 Å². The van der Waals surface area contributed by atoms with Crippen molar-refractivity contribution < 1.29 is 27.1 Å². The molecule has 106 valence electrons. The maximum Gasteiger partial charge on any atom is 0.406 e. The van der Waals surface area contributed by atoms with E-state index in [4.69, 9.17) is 9.15 Å². The van der Waals surface area contributed by atoms with Crippen molar-refractivity contribution in [2.24, 2.45) is 0 Å². The van der Waals surface area contributed by atoms with Crippen LogP contribution >= 0.6 is 0 Å². The molecule has 1 aliphatic heterocycles. The van der Waals surface area contributed by atoms with Crippen LogP contribution in [0.2, 0.25) is 0 Å². The maximum absolute atomic E-state index is 12.6. The summed E-state index contributed by atoms with van der Waals surface area (Å²) in [5.74, 6) is -0.840. The Labute approximate surface area is 108 Å². The van der Waals surface area contributed by atoms with Gasteiger partial charge in [-0.05, 0) is 25.0 Å². The Morgan fingerprint density at radius 1 is 1.47 bits per heavy atom. The van der Waals surface area contributed by atoms with Gasteiger partial charge in [-0.1, -0.05) is 0 Å². The maximum atomic E-state index is 12.6. The average molecular weight is 277 g/mol. The van der Waals surface area contributed by atoms with E-state index < -0.39 is 24.7 Å². The van der Waals surface area contributed by atoms with Gasteiger partial charge in [0.25, 0.3) is 5.91 Å². The topological polar surface area (TPSA) is 42.7 Å². The molecule has 0 radical (unpaired) electrons. The highest BCUT2D eigenvalue weighted by Gasteiger charge is 2.38.